The number of nitrogen functional groups attached to an aromatic ring is 1. The molecule has 6 heteroatoms. The van der Waals surface area contributed by atoms with Crippen LogP contribution in [-0.2, 0) is 4.79 Å². The van der Waals surface area contributed by atoms with E-state index in [4.69, 9.17) is 5.73 Å². The van der Waals surface area contributed by atoms with Crippen molar-refractivity contribution in [3.8, 4) is 0 Å². The number of rotatable bonds is 3. The molecule has 0 atom stereocenters. The van der Waals surface area contributed by atoms with Gasteiger partial charge in [0, 0.05) is 22.8 Å². The summed E-state index contributed by atoms with van der Waals surface area (Å²) >= 11 is 3.27. The van der Waals surface area contributed by atoms with Gasteiger partial charge >= 0.3 is 0 Å². The number of likely N-dealkylation sites (N-methyl/N-ethyl adjacent to an activating group) is 1. The molecule has 0 spiro atoms. The molecule has 0 radical (unpaired) electrons. The summed E-state index contributed by atoms with van der Waals surface area (Å²) in [6.45, 7) is 1.71. The number of nitrogens with two attached hydrogens (primary N) is 1. The number of hydrogen-bond donors (Lipinski definition) is 3. The molecule has 1 aromatic rings. The Morgan fingerprint density at radius 1 is 1.41 bits per heavy atom. The molecule has 4 N–H and O–H groups in total. The molecule has 0 aliphatic carbocycles. The van der Waals surface area contributed by atoms with Gasteiger partial charge in [-0.15, -0.1) is 0 Å². The van der Waals surface area contributed by atoms with Crippen LogP contribution in [0.1, 0.15) is 15.9 Å². The van der Waals surface area contributed by atoms with Gasteiger partial charge in [-0.25, -0.2) is 0 Å². The third-order valence-electron chi connectivity index (χ3n) is 2.35. The highest BCUT2D eigenvalue weighted by atomic mass is 79.9. The number of anilines is 1. The van der Waals surface area contributed by atoms with Gasteiger partial charge in [-0.2, -0.15) is 0 Å². The summed E-state index contributed by atoms with van der Waals surface area (Å²) in [6.07, 6.45) is 0. The maximum Gasteiger partial charge on any atom is 0.252 e. The number of carbonyl (C=O) groups is 2. The summed E-state index contributed by atoms with van der Waals surface area (Å²) in [5, 5.41) is 4.94. The van der Waals surface area contributed by atoms with E-state index < -0.39 is 0 Å². The van der Waals surface area contributed by atoms with E-state index in [-0.39, 0.29) is 18.4 Å². The van der Waals surface area contributed by atoms with Gasteiger partial charge in [0.1, 0.15) is 0 Å². The fourth-order valence-corrected chi connectivity index (χ4v) is 1.76. The second-order valence-corrected chi connectivity index (χ2v) is 4.44. The molecule has 0 saturated heterocycles. The number of amides is 2. The van der Waals surface area contributed by atoms with Crippen LogP contribution in [0.15, 0.2) is 16.6 Å². The van der Waals surface area contributed by atoms with Crippen LogP contribution in [0, 0.1) is 6.92 Å². The Kier molecular flexibility index (Phi) is 4.51. The van der Waals surface area contributed by atoms with Crippen LogP contribution in [-0.4, -0.2) is 25.4 Å². The van der Waals surface area contributed by atoms with Crippen molar-refractivity contribution in [1.29, 1.82) is 0 Å². The summed E-state index contributed by atoms with van der Waals surface area (Å²) < 4.78 is 0.727. The standard InChI is InChI=1S/C11H14BrN3O2/c1-6-8(3-7(12)4-9(6)13)11(17)15-5-10(16)14-2/h3-4H,5,13H2,1-2H3,(H,14,16)(H,15,17). The Morgan fingerprint density at radius 3 is 2.65 bits per heavy atom. The molecule has 0 fully saturated rings. The Hall–Kier alpha value is -1.56. The zero-order valence-electron chi connectivity index (χ0n) is 9.63. The predicted molar refractivity (Wildman–Crippen MR) is 69.7 cm³/mol. The minimum Gasteiger partial charge on any atom is -0.398 e. The van der Waals surface area contributed by atoms with Crippen molar-refractivity contribution in [2.24, 2.45) is 0 Å². The lowest BCUT2D eigenvalue weighted by molar-refractivity contribution is -0.119. The molecule has 0 aliphatic heterocycles. The first kappa shape index (κ1) is 13.5. The van der Waals surface area contributed by atoms with Crippen molar-refractivity contribution < 1.29 is 9.59 Å². The van der Waals surface area contributed by atoms with E-state index in [1.165, 1.54) is 7.05 Å². The topological polar surface area (TPSA) is 84.2 Å². The first-order valence-electron chi connectivity index (χ1n) is 5.00. The van der Waals surface area contributed by atoms with Crippen LogP contribution in [0.5, 0.6) is 0 Å². The highest BCUT2D eigenvalue weighted by Crippen LogP contribution is 2.22. The Bertz CT molecular complexity index is 460. The van der Waals surface area contributed by atoms with Crippen LogP contribution >= 0.6 is 15.9 Å². The van der Waals surface area contributed by atoms with Gasteiger partial charge in [-0.05, 0) is 24.6 Å². The molecule has 0 aliphatic rings. The lowest BCUT2D eigenvalue weighted by Crippen LogP contribution is -2.35. The smallest absolute Gasteiger partial charge is 0.252 e. The zero-order valence-corrected chi connectivity index (χ0v) is 11.2. The van der Waals surface area contributed by atoms with Crippen LogP contribution in [0.4, 0.5) is 5.69 Å². The summed E-state index contributed by atoms with van der Waals surface area (Å²) in [4.78, 5) is 22.8. The van der Waals surface area contributed by atoms with Gasteiger partial charge in [0.15, 0.2) is 0 Å². The summed E-state index contributed by atoms with van der Waals surface area (Å²) in [7, 11) is 1.51. The number of carbonyl (C=O) groups excluding carboxylic acids is 2. The fraction of sp³-hybridized carbons (Fsp3) is 0.273. The van der Waals surface area contributed by atoms with Crippen molar-refractivity contribution in [2.45, 2.75) is 6.92 Å². The third kappa shape index (κ3) is 3.45. The van der Waals surface area contributed by atoms with Crippen molar-refractivity contribution >= 4 is 33.4 Å². The molecule has 1 aromatic carbocycles. The second-order valence-electron chi connectivity index (χ2n) is 3.52. The normalized spacial score (nSPS) is 9.82. The summed E-state index contributed by atoms with van der Waals surface area (Å²) in [5.41, 5.74) is 7.44. The van der Waals surface area contributed by atoms with Crippen molar-refractivity contribution in [2.75, 3.05) is 19.3 Å². The highest BCUT2D eigenvalue weighted by molar-refractivity contribution is 9.10. The quantitative estimate of drug-likeness (QED) is 0.722. The van der Waals surface area contributed by atoms with Gasteiger partial charge in [-0.3, -0.25) is 9.59 Å². The van der Waals surface area contributed by atoms with Crippen LogP contribution in [0.25, 0.3) is 0 Å². The summed E-state index contributed by atoms with van der Waals surface area (Å²) in [5.74, 6) is -0.571. The molecule has 17 heavy (non-hydrogen) atoms. The average Bonchev–Trinajstić information content (AvgIpc) is 2.30. The van der Waals surface area contributed by atoms with E-state index in [0.717, 1.165) is 4.47 Å². The molecule has 0 saturated carbocycles. The van der Waals surface area contributed by atoms with Gasteiger partial charge in [-0.1, -0.05) is 15.9 Å². The van der Waals surface area contributed by atoms with Crippen molar-refractivity contribution in [3.05, 3.63) is 27.7 Å². The molecule has 0 aromatic heterocycles. The first-order chi connectivity index (χ1) is 7.95. The van der Waals surface area contributed by atoms with Crippen LogP contribution < -0.4 is 16.4 Å². The largest absolute Gasteiger partial charge is 0.398 e. The number of nitrogens with one attached hydrogen (secondary N) is 2. The first-order valence-corrected chi connectivity index (χ1v) is 5.79. The third-order valence-corrected chi connectivity index (χ3v) is 2.80. The van der Waals surface area contributed by atoms with Crippen molar-refractivity contribution in [1.82, 2.24) is 10.6 Å². The molecule has 92 valence electrons. The van der Waals surface area contributed by atoms with E-state index >= 15 is 0 Å². The fourth-order valence-electron chi connectivity index (χ4n) is 1.28. The van der Waals surface area contributed by atoms with E-state index in [2.05, 4.69) is 26.6 Å². The Morgan fingerprint density at radius 2 is 2.06 bits per heavy atom. The molecule has 0 bridgehead atoms. The van der Waals surface area contributed by atoms with Gasteiger partial charge in [0.2, 0.25) is 5.91 Å². The lowest BCUT2D eigenvalue weighted by atomic mass is 10.1. The molecular weight excluding hydrogens is 286 g/mol. The Balaban J connectivity index is 2.86. The molecular formula is C11H14BrN3O2. The molecule has 1 rings (SSSR count). The van der Waals surface area contributed by atoms with E-state index in [1.807, 2.05) is 0 Å². The zero-order chi connectivity index (χ0) is 13.0. The van der Waals surface area contributed by atoms with Crippen LogP contribution in [0.3, 0.4) is 0 Å². The molecule has 0 unspecified atom stereocenters. The van der Waals surface area contributed by atoms with E-state index in [0.29, 0.717) is 16.8 Å². The minimum absolute atomic E-state index is 0.0544. The van der Waals surface area contributed by atoms with Gasteiger partial charge < -0.3 is 16.4 Å². The number of halogens is 1. The van der Waals surface area contributed by atoms with Crippen molar-refractivity contribution in [3.63, 3.8) is 0 Å². The SMILES string of the molecule is CNC(=O)CNC(=O)c1cc(Br)cc(N)c1C. The predicted octanol–water partition coefficient (Wildman–Crippen LogP) is 0.816. The lowest BCUT2D eigenvalue weighted by Gasteiger charge is -2.09. The van der Waals surface area contributed by atoms with Crippen LogP contribution in [0.2, 0.25) is 0 Å². The van der Waals surface area contributed by atoms with E-state index in [9.17, 15) is 9.59 Å². The highest BCUT2D eigenvalue weighted by Gasteiger charge is 2.12. The second kappa shape index (κ2) is 5.67. The minimum atomic E-state index is -0.320. The summed E-state index contributed by atoms with van der Waals surface area (Å²) in [6, 6.07) is 3.40. The van der Waals surface area contributed by atoms with Gasteiger partial charge in [0.05, 0.1) is 6.54 Å². The van der Waals surface area contributed by atoms with E-state index in [1.54, 1.807) is 19.1 Å². The monoisotopic (exact) mass is 299 g/mol. The Labute approximate surface area is 108 Å². The average molecular weight is 300 g/mol. The maximum absolute atomic E-state index is 11.8. The van der Waals surface area contributed by atoms with Gasteiger partial charge in [0.25, 0.3) is 5.91 Å². The molecule has 2 amide bonds. The molecule has 5 nitrogen and oxygen atoms in total. The molecule has 0 heterocycles. The number of hydrogen-bond acceptors (Lipinski definition) is 3. The number of benzene rings is 1. The maximum atomic E-state index is 11.8.